The summed E-state index contributed by atoms with van der Waals surface area (Å²) in [6, 6.07) is 10.4. The van der Waals surface area contributed by atoms with E-state index < -0.39 is 0 Å². The summed E-state index contributed by atoms with van der Waals surface area (Å²) in [7, 11) is 4.03. The molecule has 0 fully saturated rings. The molecule has 1 N–H and O–H groups in total. The molecule has 102 valence electrons. The zero-order chi connectivity index (χ0) is 13.7. The van der Waals surface area contributed by atoms with E-state index in [-0.39, 0.29) is 0 Å². The first-order valence-electron chi connectivity index (χ1n) is 6.32. The molecule has 0 unspecified atom stereocenters. The molecule has 19 heavy (non-hydrogen) atoms. The van der Waals surface area contributed by atoms with Gasteiger partial charge in [0.2, 0.25) is 0 Å². The van der Waals surface area contributed by atoms with Crippen molar-refractivity contribution in [3.8, 4) is 0 Å². The second-order valence-corrected chi connectivity index (χ2v) is 5.57. The molecule has 0 spiro atoms. The van der Waals surface area contributed by atoms with Crippen LogP contribution >= 0.6 is 15.9 Å². The van der Waals surface area contributed by atoms with Crippen molar-refractivity contribution in [3.63, 3.8) is 0 Å². The third kappa shape index (κ3) is 4.20. The minimum atomic E-state index is 0.811. The van der Waals surface area contributed by atoms with E-state index in [1.165, 1.54) is 11.1 Å². The minimum absolute atomic E-state index is 0.811. The molecule has 0 radical (unpaired) electrons. The highest BCUT2D eigenvalue weighted by Crippen LogP contribution is 2.18. The molecule has 3 nitrogen and oxygen atoms in total. The van der Waals surface area contributed by atoms with Gasteiger partial charge in [-0.1, -0.05) is 34.1 Å². The summed E-state index contributed by atoms with van der Waals surface area (Å²) >= 11 is 3.58. The fourth-order valence-electron chi connectivity index (χ4n) is 2.05. The molecule has 0 saturated heterocycles. The average Bonchev–Trinajstić information content (AvgIpc) is 2.80. The Bertz CT molecular complexity index is 524. The monoisotopic (exact) mass is 322 g/mol. The number of halogens is 1. The van der Waals surface area contributed by atoms with E-state index in [0.29, 0.717) is 0 Å². The Morgan fingerprint density at radius 1 is 1.26 bits per heavy atom. The lowest BCUT2D eigenvalue weighted by molar-refractivity contribution is 0.287. The van der Waals surface area contributed by atoms with Crippen LogP contribution in [-0.2, 0) is 19.6 Å². The van der Waals surface area contributed by atoms with Gasteiger partial charge in [0.1, 0.15) is 5.76 Å². The summed E-state index contributed by atoms with van der Waals surface area (Å²) in [6.07, 6.45) is 1.82. The second-order valence-electron chi connectivity index (χ2n) is 4.72. The summed E-state index contributed by atoms with van der Waals surface area (Å²) in [6.45, 7) is 2.55. The minimum Gasteiger partial charge on any atom is -0.468 e. The third-order valence-electron chi connectivity index (χ3n) is 2.91. The van der Waals surface area contributed by atoms with Crippen LogP contribution in [0.5, 0.6) is 0 Å². The van der Waals surface area contributed by atoms with Gasteiger partial charge in [-0.2, -0.15) is 0 Å². The average molecular weight is 323 g/mol. The predicted octanol–water partition coefficient (Wildman–Crippen LogP) is 3.39. The van der Waals surface area contributed by atoms with Crippen LogP contribution in [0.3, 0.4) is 0 Å². The van der Waals surface area contributed by atoms with Gasteiger partial charge in [0, 0.05) is 23.1 Å². The van der Waals surface area contributed by atoms with Crippen LogP contribution in [0.25, 0.3) is 0 Å². The highest BCUT2D eigenvalue weighted by Gasteiger charge is 2.07. The van der Waals surface area contributed by atoms with Crippen molar-refractivity contribution in [1.82, 2.24) is 10.2 Å². The Hall–Kier alpha value is -1.10. The maximum atomic E-state index is 5.56. The van der Waals surface area contributed by atoms with Crippen LogP contribution in [0, 0.1) is 0 Å². The number of nitrogens with one attached hydrogen (secondary N) is 1. The molecule has 0 amide bonds. The second kappa shape index (κ2) is 6.89. The Labute approximate surface area is 122 Å². The number of hydrogen-bond acceptors (Lipinski definition) is 3. The van der Waals surface area contributed by atoms with Crippen LogP contribution in [0.15, 0.2) is 45.5 Å². The van der Waals surface area contributed by atoms with Crippen molar-refractivity contribution in [2.45, 2.75) is 19.6 Å². The quantitative estimate of drug-likeness (QED) is 0.883. The van der Waals surface area contributed by atoms with Gasteiger partial charge in [0.15, 0.2) is 0 Å². The molecule has 1 aromatic heterocycles. The maximum Gasteiger partial charge on any atom is 0.118 e. The molecule has 0 aliphatic rings. The number of rotatable bonds is 6. The number of benzene rings is 1. The molecule has 2 rings (SSSR count). The van der Waals surface area contributed by atoms with Crippen LogP contribution in [0.2, 0.25) is 0 Å². The lowest BCUT2D eigenvalue weighted by Gasteiger charge is -2.16. The molecule has 1 aromatic carbocycles. The largest absolute Gasteiger partial charge is 0.468 e. The van der Waals surface area contributed by atoms with Crippen LogP contribution in [0.4, 0.5) is 0 Å². The third-order valence-corrected chi connectivity index (χ3v) is 3.69. The van der Waals surface area contributed by atoms with E-state index in [1.54, 1.807) is 0 Å². The van der Waals surface area contributed by atoms with E-state index >= 15 is 0 Å². The molecular weight excluding hydrogens is 304 g/mol. The fraction of sp³-hybridized carbons (Fsp3) is 0.333. The molecule has 4 heteroatoms. The van der Waals surface area contributed by atoms with Crippen LogP contribution in [-0.4, -0.2) is 19.0 Å². The molecular formula is C15H19BrN2O. The maximum absolute atomic E-state index is 5.56. The summed E-state index contributed by atoms with van der Waals surface area (Å²) in [5.74, 6) is 1.000. The molecule has 0 aliphatic carbocycles. The van der Waals surface area contributed by atoms with Crippen molar-refractivity contribution < 1.29 is 4.42 Å². The first kappa shape index (κ1) is 14.3. The summed E-state index contributed by atoms with van der Waals surface area (Å²) in [4.78, 5) is 2.24. The summed E-state index contributed by atoms with van der Waals surface area (Å²) < 4.78 is 6.71. The van der Waals surface area contributed by atoms with E-state index in [2.05, 4.69) is 57.5 Å². The van der Waals surface area contributed by atoms with Crippen molar-refractivity contribution in [1.29, 1.82) is 0 Å². The fourth-order valence-corrected chi connectivity index (χ4v) is 2.46. The van der Waals surface area contributed by atoms with Gasteiger partial charge in [0.05, 0.1) is 12.8 Å². The van der Waals surface area contributed by atoms with E-state index in [0.717, 1.165) is 29.9 Å². The first-order chi connectivity index (χ1) is 9.19. The van der Waals surface area contributed by atoms with E-state index in [1.807, 2.05) is 19.4 Å². The zero-order valence-electron chi connectivity index (χ0n) is 11.3. The van der Waals surface area contributed by atoms with Crippen molar-refractivity contribution in [2.24, 2.45) is 0 Å². The Morgan fingerprint density at radius 3 is 2.79 bits per heavy atom. The van der Waals surface area contributed by atoms with Crippen LogP contribution in [0.1, 0.15) is 16.9 Å². The highest BCUT2D eigenvalue weighted by atomic mass is 79.9. The van der Waals surface area contributed by atoms with Gasteiger partial charge >= 0.3 is 0 Å². The smallest absolute Gasteiger partial charge is 0.118 e. The highest BCUT2D eigenvalue weighted by molar-refractivity contribution is 9.10. The van der Waals surface area contributed by atoms with E-state index in [4.69, 9.17) is 4.42 Å². The summed E-state index contributed by atoms with van der Waals surface area (Å²) in [5, 5.41) is 3.12. The lowest BCUT2D eigenvalue weighted by atomic mass is 10.2. The van der Waals surface area contributed by atoms with Gasteiger partial charge < -0.3 is 9.73 Å². The number of hydrogen-bond donors (Lipinski definition) is 1. The molecule has 2 aromatic rings. The zero-order valence-corrected chi connectivity index (χ0v) is 12.9. The van der Waals surface area contributed by atoms with Crippen molar-refractivity contribution >= 4 is 15.9 Å². The van der Waals surface area contributed by atoms with Gasteiger partial charge in [-0.15, -0.1) is 0 Å². The molecule has 0 atom stereocenters. The molecule has 0 saturated carbocycles. The topological polar surface area (TPSA) is 28.4 Å². The lowest BCUT2D eigenvalue weighted by Crippen LogP contribution is -2.17. The van der Waals surface area contributed by atoms with Crippen molar-refractivity contribution in [3.05, 3.63) is 58.0 Å². The molecule has 0 bridgehead atoms. The Morgan fingerprint density at radius 2 is 2.05 bits per heavy atom. The van der Waals surface area contributed by atoms with Crippen LogP contribution < -0.4 is 5.32 Å². The first-order valence-corrected chi connectivity index (χ1v) is 7.11. The Kier molecular flexibility index (Phi) is 5.19. The standard InChI is InChI=1S/C15H19BrN2O/c1-17-8-12-7-14(19-11-12)10-18(2)9-13-5-3-4-6-15(13)16/h3-7,11,17H,8-10H2,1-2H3. The van der Waals surface area contributed by atoms with Gasteiger partial charge in [-0.3, -0.25) is 4.90 Å². The molecule has 0 aliphatic heterocycles. The van der Waals surface area contributed by atoms with Gasteiger partial charge in [-0.05, 0) is 31.8 Å². The Balaban J connectivity index is 1.93. The SMILES string of the molecule is CNCc1coc(CN(C)Cc2ccccc2Br)c1. The van der Waals surface area contributed by atoms with Gasteiger partial charge in [-0.25, -0.2) is 0 Å². The van der Waals surface area contributed by atoms with Crippen molar-refractivity contribution in [2.75, 3.05) is 14.1 Å². The summed E-state index contributed by atoms with van der Waals surface area (Å²) in [5.41, 5.74) is 2.47. The van der Waals surface area contributed by atoms with E-state index in [9.17, 15) is 0 Å². The number of nitrogens with zero attached hydrogens (tertiary/aromatic N) is 1. The van der Waals surface area contributed by atoms with Gasteiger partial charge in [0.25, 0.3) is 0 Å². The number of furan rings is 1. The molecule has 1 heterocycles. The normalized spacial score (nSPS) is 11.2. The predicted molar refractivity (Wildman–Crippen MR) is 80.8 cm³/mol.